The number of β-lactam (4-membered cyclic amide) rings is 1. The van der Waals surface area contributed by atoms with Crippen LogP contribution in [0.5, 0.6) is 0 Å². The molecule has 0 saturated carbocycles. The van der Waals surface area contributed by atoms with E-state index in [9.17, 15) is 14.4 Å². The van der Waals surface area contributed by atoms with Crippen LogP contribution in [-0.2, 0) is 23.5 Å². The molecule has 7 heteroatoms. The third-order valence-corrected chi connectivity index (χ3v) is 10.7. The third-order valence-electron chi connectivity index (χ3n) is 6.16. The van der Waals surface area contributed by atoms with Crippen LogP contribution < -0.4 is 0 Å². The normalized spacial score (nSPS) is 30.1. The second-order valence-corrected chi connectivity index (χ2v) is 15.2. The van der Waals surface area contributed by atoms with Gasteiger partial charge in [-0.15, -0.1) is 0 Å². The number of carbonyl (C=O) groups excluding carboxylic acids is 3. The molecule has 1 amide bonds. The number of hydrogen-bond donors (Lipinski definition) is 0. The molecule has 2 aliphatic rings. The Labute approximate surface area is 164 Å². The van der Waals surface area contributed by atoms with Crippen LogP contribution >= 0.6 is 0 Å². The van der Waals surface area contributed by atoms with Crippen molar-refractivity contribution >= 4 is 26.0 Å². The molecule has 154 valence electrons. The van der Waals surface area contributed by atoms with E-state index in [-0.39, 0.29) is 34.8 Å². The summed E-state index contributed by atoms with van der Waals surface area (Å²) in [7, 11) is -2.04. The average Bonchev–Trinajstić information content (AvgIpc) is 2.65. The molecule has 0 spiro atoms. The molecule has 0 aromatic rings. The molecule has 27 heavy (non-hydrogen) atoms. The SMILES string of the molecule is CC(O[Si](C)(C)C(C)(C)C)[C@H]1C(=O)N2C(C(=O)OC(C)(C)C)C(=O)[C@@H](C)[C@H]12. The zero-order chi connectivity index (χ0) is 21.1. The van der Waals surface area contributed by atoms with Gasteiger partial charge in [0.05, 0.1) is 18.1 Å². The number of ketones is 1. The van der Waals surface area contributed by atoms with Gasteiger partial charge in [-0.2, -0.15) is 0 Å². The number of rotatable bonds is 4. The quantitative estimate of drug-likeness (QED) is 0.315. The number of amides is 1. The summed E-state index contributed by atoms with van der Waals surface area (Å²) in [5, 5.41) is 0.0316. The van der Waals surface area contributed by atoms with E-state index < -0.39 is 31.8 Å². The molecule has 2 rings (SSSR count). The van der Waals surface area contributed by atoms with Gasteiger partial charge in [-0.05, 0) is 45.8 Å². The van der Waals surface area contributed by atoms with Crippen LogP contribution in [0.2, 0.25) is 18.1 Å². The first kappa shape index (κ1) is 22.1. The minimum Gasteiger partial charge on any atom is -0.458 e. The summed E-state index contributed by atoms with van der Waals surface area (Å²) in [6.07, 6.45) is -0.285. The number of ether oxygens (including phenoxy) is 1. The molecule has 2 saturated heterocycles. The van der Waals surface area contributed by atoms with Gasteiger partial charge >= 0.3 is 5.97 Å². The first-order valence-corrected chi connectivity index (χ1v) is 12.7. The third kappa shape index (κ3) is 3.85. The Kier molecular flexibility index (Phi) is 5.47. The molecular formula is C20H35NO5Si. The second-order valence-electron chi connectivity index (χ2n) is 10.5. The lowest BCUT2D eigenvalue weighted by Crippen LogP contribution is -2.67. The monoisotopic (exact) mass is 397 g/mol. The Bertz CT molecular complexity index is 646. The summed E-state index contributed by atoms with van der Waals surface area (Å²) in [5.41, 5.74) is -0.704. The van der Waals surface area contributed by atoms with Gasteiger partial charge in [-0.1, -0.05) is 27.7 Å². The van der Waals surface area contributed by atoms with Gasteiger partial charge in [0.2, 0.25) is 5.91 Å². The maximum atomic E-state index is 12.9. The minimum atomic E-state index is -2.04. The van der Waals surface area contributed by atoms with E-state index in [0.29, 0.717) is 0 Å². The molecule has 2 aliphatic heterocycles. The number of esters is 1. The molecule has 2 unspecified atom stereocenters. The van der Waals surface area contributed by atoms with E-state index in [0.717, 1.165) is 0 Å². The molecule has 0 N–H and O–H groups in total. The van der Waals surface area contributed by atoms with Crippen molar-refractivity contribution in [3.05, 3.63) is 0 Å². The summed E-state index contributed by atoms with van der Waals surface area (Å²) in [6, 6.07) is -1.41. The predicted octanol–water partition coefficient (Wildman–Crippen LogP) is 3.15. The summed E-state index contributed by atoms with van der Waals surface area (Å²) in [4.78, 5) is 39.6. The summed E-state index contributed by atoms with van der Waals surface area (Å²) >= 11 is 0. The van der Waals surface area contributed by atoms with Gasteiger partial charge in [0, 0.05) is 5.92 Å². The number of hydrogen-bond acceptors (Lipinski definition) is 5. The molecule has 0 aromatic carbocycles. The number of nitrogens with zero attached hydrogens (tertiary/aromatic N) is 1. The fraction of sp³-hybridized carbons (Fsp3) is 0.850. The smallest absolute Gasteiger partial charge is 0.337 e. The Hall–Kier alpha value is -1.21. The highest BCUT2D eigenvalue weighted by molar-refractivity contribution is 6.74. The van der Waals surface area contributed by atoms with E-state index >= 15 is 0 Å². The van der Waals surface area contributed by atoms with Gasteiger partial charge in [0.1, 0.15) is 5.60 Å². The van der Waals surface area contributed by atoms with Crippen molar-refractivity contribution < 1.29 is 23.5 Å². The minimum absolute atomic E-state index is 0.0316. The zero-order valence-corrected chi connectivity index (χ0v) is 19.4. The maximum absolute atomic E-state index is 12.9. The second kappa shape index (κ2) is 6.69. The van der Waals surface area contributed by atoms with Crippen molar-refractivity contribution in [1.29, 1.82) is 0 Å². The predicted molar refractivity (Wildman–Crippen MR) is 106 cm³/mol. The van der Waals surface area contributed by atoms with Crippen LogP contribution in [0.4, 0.5) is 0 Å². The highest BCUT2D eigenvalue weighted by Gasteiger charge is 2.65. The fourth-order valence-corrected chi connectivity index (χ4v) is 5.17. The molecule has 0 bridgehead atoms. The standard InChI is InChI=1S/C20H35NO5Si/c1-11-14-13(12(2)26-27(9,10)20(6,7)8)17(23)21(14)15(16(11)22)18(24)25-19(3,4)5/h11-15H,1-10H3/t11-,12?,13+,14+,15?/m0/s1. The van der Waals surface area contributed by atoms with Gasteiger partial charge in [0.15, 0.2) is 20.1 Å². The average molecular weight is 398 g/mol. The van der Waals surface area contributed by atoms with Crippen LogP contribution in [0.1, 0.15) is 55.4 Å². The largest absolute Gasteiger partial charge is 0.458 e. The molecule has 2 fully saturated rings. The summed E-state index contributed by atoms with van der Waals surface area (Å²) < 4.78 is 11.8. The summed E-state index contributed by atoms with van der Waals surface area (Å²) in [6.45, 7) is 19.7. The first-order chi connectivity index (χ1) is 12.0. The highest BCUT2D eigenvalue weighted by atomic mass is 28.4. The topological polar surface area (TPSA) is 72.9 Å². The van der Waals surface area contributed by atoms with E-state index in [1.165, 1.54) is 4.90 Å². The van der Waals surface area contributed by atoms with Gasteiger partial charge in [0.25, 0.3) is 0 Å². The molecule has 0 aliphatic carbocycles. The highest BCUT2D eigenvalue weighted by Crippen LogP contribution is 2.46. The van der Waals surface area contributed by atoms with Crippen molar-refractivity contribution in [1.82, 2.24) is 4.90 Å². The van der Waals surface area contributed by atoms with Gasteiger partial charge in [-0.3, -0.25) is 9.59 Å². The van der Waals surface area contributed by atoms with Gasteiger partial charge in [-0.25, -0.2) is 4.79 Å². The zero-order valence-electron chi connectivity index (χ0n) is 18.4. The van der Waals surface area contributed by atoms with Crippen LogP contribution in [0.15, 0.2) is 0 Å². The van der Waals surface area contributed by atoms with Crippen molar-refractivity contribution in [2.24, 2.45) is 11.8 Å². The van der Waals surface area contributed by atoms with E-state index in [1.54, 1.807) is 27.7 Å². The molecule has 6 nitrogen and oxygen atoms in total. The molecule has 0 aromatic heterocycles. The maximum Gasteiger partial charge on any atom is 0.337 e. The summed E-state index contributed by atoms with van der Waals surface area (Å²) in [5.74, 6) is -1.82. The molecule has 0 radical (unpaired) electrons. The molecule has 5 atom stereocenters. The van der Waals surface area contributed by atoms with E-state index in [2.05, 4.69) is 33.9 Å². The Morgan fingerprint density at radius 2 is 1.63 bits per heavy atom. The van der Waals surface area contributed by atoms with Crippen molar-refractivity contribution in [3.63, 3.8) is 0 Å². The van der Waals surface area contributed by atoms with Crippen molar-refractivity contribution in [2.45, 2.75) is 97.3 Å². The number of fused-ring (bicyclic) bond motifs is 1. The molecular weight excluding hydrogens is 362 g/mol. The van der Waals surface area contributed by atoms with Crippen LogP contribution in [0.25, 0.3) is 0 Å². The number of Topliss-reactive ketones (excluding diaryl/α,β-unsaturated/α-hetero) is 1. The van der Waals surface area contributed by atoms with E-state index in [1.807, 2.05) is 6.92 Å². The van der Waals surface area contributed by atoms with E-state index in [4.69, 9.17) is 9.16 Å². The lowest BCUT2D eigenvalue weighted by Gasteiger charge is -2.50. The lowest BCUT2D eigenvalue weighted by atomic mass is 9.79. The Morgan fingerprint density at radius 3 is 2.07 bits per heavy atom. The van der Waals surface area contributed by atoms with Crippen molar-refractivity contribution in [3.8, 4) is 0 Å². The molecule has 2 heterocycles. The van der Waals surface area contributed by atoms with Crippen LogP contribution in [0.3, 0.4) is 0 Å². The fourth-order valence-electron chi connectivity index (χ4n) is 3.74. The number of carbonyl (C=O) groups is 3. The Morgan fingerprint density at radius 1 is 1.11 bits per heavy atom. The van der Waals surface area contributed by atoms with Crippen LogP contribution in [-0.4, -0.2) is 54.7 Å². The van der Waals surface area contributed by atoms with Crippen molar-refractivity contribution in [2.75, 3.05) is 0 Å². The Balaban J connectivity index is 2.20. The van der Waals surface area contributed by atoms with Crippen LogP contribution in [0, 0.1) is 11.8 Å². The first-order valence-electron chi connectivity index (χ1n) is 9.76. The lowest BCUT2D eigenvalue weighted by molar-refractivity contribution is -0.177. The van der Waals surface area contributed by atoms with Gasteiger partial charge < -0.3 is 14.1 Å².